The van der Waals surface area contributed by atoms with E-state index in [9.17, 15) is 0 Å². The molecule has 0 radical (unpaired) electrons. The van der Waals surface area contributed by atoms with E-state index >= 15 is 0 Å². The van der Waals surface area contributed by atoms with Crippen molar-refractivity contribution in [2.24, 2.45) is 0 Å². The van der Waals surface area contributed by atoms with Crippen LogP contribution in [0.1, 0.15) is 0 Å². The molecule has 0 heterocycles. The Hall–Kier alpha value is 0.760. The van der Waals surface area contributed by atoms with Gasteiger partial charge in [-0.3, -0.25) is 0 Å². The fourth-order valence-electron chi connectivity index (χ4n) is 0.428. The molecular weight excluding hydrogens is 337 g/mol. The maximum atomic E-state index is 8.63. The minimum Gasteiger partial charge on any atom is -0.508 e. The van der Waals surface area contributed by atoms with Gasteiger partial charge in [0.05, 0.1) is 11.2 Å². The number of alkyl halides is 6. The Bertz CT molecular complexity index is 236. The number of phenols is 1. The molecule has 94 valence electrons. The highest BCUT2D eigenvalue weighted by molar-refractivity contribution is 6.69. The van der Waals surface area contributed by atoms with Gasteiger partial charge in [-0.05, 0) is 12.1 Å². The summed E-state index contributed by atoms with van der Waals surface area (Å²) in [6, 6.07) is 8.71. The zero-order valence-corrected chi connectivity index (χ0v) is 12.6. The van der Waals surface area contributed by atoms with Crippen molar-refractivity contribution in [1.29, 1.82) is 0 Å². The predicted octanol–water partition coefficient (Wildman–Crippen LogP) is 5.41. The standard InChI is InChI=1S/C6H6O.C2H2Cl4.CH2Cl2/c7-6-4-2-1-3-5-6;3-1-2(4,5)6;2-1-3/h1-5,7H;1H2;1H2. The second-order valence-electron chi connectivity index (χ2n) is 2.19. The topological polar surface area (TPSA) is 20.2 Å². The van der Waals surface area contributed by atoms with Crippen molar-refractivity contribution in [1.82, 2.24) is 0 Å². The van der Waals surface area contributed by atoms with Crippen LogP contribution in [0.3, 0.4) is 0 Å². The first-order valence-electron chi connectivity index (χ1n) is 3.86. The Balaban J connectivity index is 0. The molecule has 1 rings (SSSR count). The summed E-state index contributed by atoms with van der Waals surface area (Å²) >= 11 is 30.0. The molecule has 0 unspecified atom stereocenters. The van der Waals surface area contributed by atoms with Crippen LogP contribution in [0.25, 0.3) is 0 Å². The zero-order chi connectivity index (χ0) is 13.0. The molecule has 1 nitrogen and oxygen atoms in total. The van der Waals surface area contributed by atoms with Gasteiger partial charge in [0.15, 0.2) is 0 Å². The van der Waals surface area contributed by atoms with Crippen LogP contribution in [0, 0.1) is 0 Å². The summed E-state index contributed by atoms with van der Waals surface area (Å²) in [6.07, 6.45) is 0. The van der Waals surface area contributed by atoms with Gasteiger partial charge >= 0.3 is 0 Å². The highest BCUT2D eigenvalue weighted by Gasteiger charge is 2.16. The Labute approximate surface area is 125 Å². The van der Waals surface area contributed by atoms with Crippen molar-refractivity contribution in [2.75, 3.05) is 11.2 Å². The first kappa shape index (κ1) is 19.1. The van der Waals surface area contributed by atoms with Gasteiger partial charge < -0.3 is 5.11 Å². The Morgan fingerprint density at radius 2 is 1.25 bits per heavy atom. The molecule has 0 atom stereocenters. The third kappa shape index (κ3) is 20.2. The van der Waals surface area contributed by atoms with E-state index < -0.39 is 3.79 Å². The number of benzene rings is 1. The normalized spacial score (nSPS) is 9.38. The molecule has 16 heavy (non-hydrogen) atoms. The summed E-state index contributed by atoms with van der Waals surface area (Å²) < 4.78 is -1.28. The van der Waals surface area contributed by atoms with Crippen LogP contribution in [0.15, 0.2) is 30.3 Å². The lowest BCUT2D eigenvalue weighted by Gasteiger charge is -2.00. The van der Waals surface area contributed by atoms with Crippen LogP contribution in [0.5, 0.6) is 5.75 Å². The van der Waals surface area contributed by atoms with Crippen molar-refractivity contribution >= 4 is 69.6 Å². The first-order chi connectivity index (χ1) is 7.37. The van der Waals surface area contributed by atoms with E-state index in [2.05, 4.69) is 0 Å². The largest absolute Gasteiger partial charge is 0.508 e. The van der Waals surface area contributed by atoms with E-state index in [1.54, 1.807) is 24.3 Å². The van der Waals surface area contributed by atoms with Crippen molar-refractivity contribution < 1.29 is 5.11 Å². The van der Waals surface area contributed by atoms with E-state index in [0.29, 0.717) is 5.75 Å². The smallest absolute Gasteiger partial charge is 0.203 e. The van der Waals surface area contributed by atoms with Crippen LogP contribution in [-0.4, -0.2) is 20.1 Å². The van der Waals surface area contributed by atoms with Gasteiger partial charge in [0.1, 0.15) is 5.75 Å². The summed E-state index contributed by atoms with van der Waals surface area (Å²) in [4.78, 5) is 0. The maximum Gasteiger partial charge on any atom is 0.203 e. The van der Waals surface area contributed by atoms with Crippen molar-refractivity contribution in [3.8, 4) is 5.75 Å². The fourth-order valence-corrected chi connectivity index (χ4v) is 0.428. The minimum atomic E-state index is -1.28. The first-order valence-corrected chi connectivity index (χ1v) is 6.59. The summed E-state index contributed by atoms with van der Waals surface area (Å²) in [5.74, 6) is 0.361. The molecule has 7 heteroatoms. The van der Waals surface area contributed by atoms with Crippen LogP contribution in [-0.2, 0) is 0 Å². The van der Waals surface area contributed by atoms with Gasteiger partial charge in [0, 0.05) is 0 Å². The Morgan fingerprint density at radius 1 is 0.938 bits per heavy atom. The Kier molecular flexibility index (Phi) is 14.6. The maximum absolute atomic E-state index is 8.63. The molecule has 0 fully saturated rings. The van der Waals surface area contributed by atoms with E-state index in [1.165, 1.54) is 0 Å². The van der Waals surface area contributed by atoms with E-state index in [1.807, 2.05) is 6.07 Å². The molecule has 0 bridgehead atoms. The third-order valence-electron chi connectivity index (χ3n) is 0.908. The monoisotopic (exact) mass is 344 g/mol. The molecule has 0 aliphatic rings. The SMILES string of the molecule is ClCC(Cl)(Cl)Cl.ClCCl.Oc1ccccc1. The molecule has 0 amide bonds. The molecule has 0 aromatic heterocycles. The van der Waals surface area contributed by atoms with Gasteiger partial charge in [-0.15, -0.1) is 34.8 Å². The summed E-state index contributed by atoms with van der Waals surface area (Å²) in [5.41, 5.74) is 0. The highest BCUT2D eigenvalue weighted by atomic mass is 35.6. The van der Waals surface area contributed by atoms with Crippen molar-refractivity contribution in [3.63, 3.8) is 0 Å². The lowest BCUT2D eigenvalue weighted by Crippen LogP contribution is -2.01. The van der Waals surface area contributed by atoms with E-state index in [0.717, 1.165) is 0 Å². The third-order valence-corrected chi connectivity index (χ3v) is 2.12. The molecule has 1 aromatic carbocycles. The number of phenolic OH excluding ortho intramolecular Hbond substituents is 1. The second kappa shape index (κ2) is 12.2. The molecule has 0 saturated carbocycles. The molecule has 0 aliphatic heterocycles. The van der Waals surface area contributed by atoms with Crippen molar-refractivity contribution in [2.45, 2.75) is 3.79 Å². The number of aromatic hydroxyl groups is 1. The second-order valence-corrected chi connectivity index (χ2v) is 5.78. The van der Waals surface area contributed by atoms with Gasteiger partial charge in [-0.25, -0.2) is 0 Å². The lowest BCUT2D eigenvalue weighted by molar-refractivity contribution is 0.475. The minimum absolute atomic E-state index is 0.0394. The highest BCUT2D eigenvalue weighted by Crippen LogP contribution is 2.26. The molecular formula is C9H10Cl6O. The fraction of sp³-hybridized carbons (Fsp3) is 0.333. The molecule has 1 aromatic rings. The summed E-state index contributed by atoms with van der Waals surface area (Å²) in [5, 5.41) is 8.83. The van der Waals surface area contributed by atoms with E-state index in [-0.39, 0.29) is 11.2 Å². The van der Waals surface area contributed by atoms with Gasteiger partial charge in [0.25, 0.3) is 0 Å². The average molecular weight is 347 g/mol. The van der Waals surface area contributed by atoms with Crippen LogP contribution >= 0.6 is 69.6 Å². The number of halogens is 6. The number of rotatable bonds is 0. The Morgan fingerprint density at radius 3 is 1.38 bits per heavy atom. The molecule has 0 saturated heterocycles. The molecule has 0 spiro atoms. The van der Waals surface area contributed by atoms with Gasteiger partial charge in [-0.2, -0.15) is 0 Å². The van der Waals surface area contributed by atoms with Crippen LogP contribution in [0.4, 0.5) is 0 Å². The summed E-state index contributed by atoms with van der Waals surface area (Å²) in [6.45, 7) is 0. The van der Waals surface area contributed by atoms with Crippen LogP contribution < -0.4 is 0 Å². The molecule has 0 aliphatic carbocycles. The lowest BCUT2D eigenvalue weighted by atomic mass is 10.3. The average Bonchev–Trinajstić information content (AvgIpc) is 2.20. The van der Waals surface area contributed by atoms with E-state index in [4.69, 9.17) is 74.7 Å². The van der Waals surface area contributed by atoms with Gasteiger partial charge in [0.2, 0.25) is 3.79 Å². The number of hydrogen-bond acceptors (Lipinski definition) is 1. The van der Waals surface area contributed by atoms with Gasteiger partial charge in [-0.1, -0.05) is 53.0 Å². The predicted molar refractivity (Wildman–Crippen MR) is 75.7 cm³/mol. The number of para-hydroxylation sites is 1. The molecule has 1 N–H and O–H groups in total. The summed E-state index contributed by atoms with van der Waals surface area (Å²) in [7, 11) is 0. The van der Waals surface area contributed by atoms with Crippen LogP contribution in [0.2, 0.25) is 0 Å². The quantitative estimate of drug-likeness (QED) is 0.623. The zero-order valence-electron chi connectivity index (χ0n) is 8.02. The van der Waals surface area contributed by atoms with Crippen molar-refractivity contribution in [3.05, 3.63) is 30.3 Å². The number of hydrogen-bond donors (Lipinski definition) is 1.